The molecule has 1 aliphatic heterocycles. The third-order valence-electron chi connectivity index (χ3n) is 3.79. The predicted octanol–water partition coefficient (Wildman–Crippen LogP) is 2.57. The highest BCUT2D eigenvalue weighted by atomic mass is 16.5. The highest BCUT2D eigenvalue weighted by Crippen LogP contribution is 2.42. The van der Waals surface area contributed by atoms with Crippen molar-refractivity contribution in [1.29, 1.82) is 0 Å². The fraction of sp³-hybridized carbons (Fsp3) is 0.312. The molecule has 1 aliphatic rings. The van der Waals surface area contributed by atoms with Crippen molar-refractivity contribution in [2.24, 2.45) is 0 Å². The van der Waals surface area contributed by atoms with Gasteiger partial charge in [0.15, 0.2) is 0 Å². The molecule has 0 bridgehead atoms. The van der Waals surface area contributed by atoms with Crippen molar-refractivity contribution >= 4 is 5.82 Å². The molecule has 1 aromatic heterocycles. The Morgan fingerprint density at radius 3 is 3.05 bits per heavy atom. The summed E-state index contributed by atoms with van der Waals surface area (Å²) < 4.78 is 5.64. The first-order valence-corrected chi connectivity index (χ1v) is 6.78. The highest BCUT2D eigenvalue weighted by molar-refractivity contribution is 5.46. The van der Waals surface area contributed by atoms with Crippen LogP contribution < -0.4 is 10.5 Å². The number of para-hydroxylation sites is 1. The number of nitrogens with two attached hydrogens (primary N) is 1. The van der Waals surface area contributed by atoms with Crippen LogP contribution in [0.4, 0.5) is 5.82 Å². The molecule has 2 atom stereocenters. The number of pyridine rings is 1. The molecule has 0 radical (unpaired) electrons. The summed E-state index contributed by atoms with van der Waals surface area (Å²) in [5, 5.41) is 10.7. The lowest BCUT2D eigenvalue weighted by Crippen LogP contribution is -2.21. The molecule has 3 rings (SSSR count). The summed E-state index contributed by atoms with van der Waals surface area (Å²) >= 11 is 0. The molecule has 4 nitrogen and oxygen atoms in total. The Bertz CT molecular complexity index is 628. The van der Waals surface area contributed by atoms with E-state index < -0.39 is 6.10 Å². The molecule has 2 unspecified atom stereocenters. The Hall–Kier alpha value is -2.07. The quantitative estimate of drug-likeness (QED) is 0.880. The fourth-order valence-electron chi connectivity index (χ4n) is 2.75. The number of benzene rings is 1. The number of aliphatic hydroxyl groups is 1. The van der Waals surface area contributed by atoms with Crippen molar-refractivity contribution in [2.45, 2.75) is 25.4 Å². The summed E-state index contributed by atoms with van der Waals surface area (Å²) in [6, 6.07) is 9.75. The normalized spacial score (nSPS) is 19.0. The molecule has 3 N–H and O–H groups in total. The van der Waals surface area contributed by atoms with Crippen LogP contribution in [0, 0.1) is 6.92 Å². The molecule has 0 aliphatic carbocycles. The minimum Gasteiger partial charge on any atom is -0.493 e. The van der Waals surface area contributed by atoms with Gasteiger partial charge >= 0.3 is 0 Å². The lowest BCUT2D eigenvalue weighted by molar-refractivity contribution is 0.117. The average Bonchev–Trinajstić information content (AvgIpc) is 2.48. The Morgan fingerprint density at radius 1 is 1.40 bits per heavy atom. The van der Waals surface area contributed by atoms with Crippen LogP contribution in [0.15, 0.2) is 36.5 Å². The molecule has 20 heavy (non-hydrogen) atoms. The largest absolute Gasteiger partial charge is 0.493 e. The Balaban J connectivity index is 1.99. The number of aryl methyl sites for hydroxylation is 1. The van der Waals surface area contributed by atoms with Crippen LogP contribution in [0.2, 0.25) is 0 Å². The summed E-state index contributed by atoms with van der Waals surface area (Å²) in [6.07, 6.45) is 1.82. The van der Waals surface area contributed by atoms with Crippen LogP contribution in [0.1, 0.15) is 35.1 Å². The molecule has 0 saturated heterocycles. The van der Waals surface area contributed by atoms with Crippen LogP contribution in [0.5, 0.6) is 5.75 Å². The number of fused-ring (bicyclic) bond motifs is 1. The lowest BCUT2D eigenvalue weighted by Gasteiger charge is -2.30. The monoisotopic (exact) mass is 270 g/mol. The average molecular weight is 270 g/mol. The number of nitrogens with zero attached hydrogens (tertiary/aromatic N) is 1. The van der Waals surface area contributed by atoms with Crippen molar-refractivity contribution in [3.05, 3.63) is 53.2 Å². The first-order chi connectivity index (χ1) is 9.66. The third-order valence-corrected chi connectivity index (χ3v) is 3.79. The van der Waals surface area contributed by atoms with Gasteiger partial charge in [-0.05, 0) is 31.0 Å². The van der Waals surface area contributed by atoms with Crippen molar-refractivity contribution < 1.29 is 9.84 Å². The van der Waals surface area contributed by atoms with Gasteiger partial charge in [0.1, 0.15) is 11.6 Å². The van der Waals surface area contributed by atoms with E-state index >= 15 is 0 Å². The topological polar surface area (TPSA) is 68.4 Å². The van der Waals surface area contributed by atoms with E-state index in [1.807, 2.05) is 37.3 Å². The zero-order valence-corrected chi connectivity index (χ0v) is 11.4. The van der Waals surface area contributed by atoms with Crippen LogP contribution in [-0.2, 0) is 0 Å². The van der Waals surface area contributed by atoms with E-state index in [1.54, 1.807) is 6.20 Å². The van der Waals surface area contributed by atoms with E-state index in [2.05, 4.69) is 4.98 Å². The van der Waals surface area contributed by atoms with Crippen molar-refractivity contribution in [1.82, 2.24) is 4.98 Å². The standard InChI is InChI=1S/C16H18N2O2/c1-10-8-13(16(17)18-9-10)15(19)12-6-7-20-14-5-3-2-4-11(12)14/h2-5,8-9,12,15,19H,6-7H2,1H3,(H2,17,18). The van der Waals surface area contributed by atoms with Gasteiger partial charge in [-0.25, -0.2) is 4.98 Å². The van der Waals surface area contributed by atoms with Gasteiger partial charge in [0.2, 0.25) is 0 Å². The second-order valence-corrected chi connectivity index (χ2v) is 5.21. The first kappa shape index (κ1) is 12.9. The summed E-state index contributed by atoms with van der Waals surface area (Å²) in [5.74, 6) is 1.24. The number of rotatable bonds is 2. The van der Waals surface area contributed by atoms with Crippen LogP contribution in [-0.4, -0.2) is 16.7 Å². The molecule has 2 heterocycles. The molecule has 0 fully saturated rings. The zero-order valence-electron chi connectivity index (χ0n) is 11.4. The number of ether oxygens (including phenoxy) is 1. The number of nitrogen functional groups attached to an aromatic ring is 1. The molecule has 0 spiro atoms. The maximum Gasteiger partial charge on any atom is 0.129 e. The second kappa shape index (κ2) is 5.13. The Kier molecular flexibility index (Phi) is 3.32. The minimum absolute atomic E-state index is 0.00847. The van der Waals surface area contributed by atoms with Crippen molar-refractivity contribution in [3.8, 4) is 5.75 Å². The highest BCUT2D eigenvalue weighted by Gasteiger charge is 2.29. The van der Waals surface area contributed by atoms with Gasteiger partial charge in [0.25, 0.3) is 0 Å². The predicted molar refractivity (Wildman–Crippen MR) is 77.6 cm³/mol. The molecule has 0 saturated carbocycles. The molecule has 2 aromatic rings. The second-order valence-electron chi connectivity index (χ2n) is 5.21. The van der Waals surface area contributed by atoms with Crippen LogP contribution in [0.25, 0.3) is 0 Å². The van der Waals surface area contributed by atoms with E-state index in [-0.39, 0.29) is 5.92 Å². The van der Waals surface area contributed by atoms with Gasteiger partial charge in [-0.3, -0.25) is 0 Å². The van der Waals surface area contributed by atoms with E-state index in [0.717, 1.165) is 23.3 Å². The van der Waals surface area contributed by atoms with Gasteiger partial charge < -0.3 is 15.6 Å². The smallest absolute Gasteiger partial charge is 0.129 e. The van der Waals surface area contributed by atoms with Gasteiger partial charge in [-0.15, -0.1) is 0 Å². The van der Waals surface area contributed by atoms with E-state index in [1.165, 1.54) is 0 Å². The maximum atomic E-state index is 10.7. The summed E-state index contributed by atoms with van der Waals surface area (Å²) in [4.78, 5) is 4.14. The Labute approximate surface area is 118 Å². The number of hydrogen-bond acceptors (Lipinski definition) is 4. The Morgan fingerprint density at radius 2 is 2.20 bits per heavy atom. The summed E-state index contributed by atoms with van der Waals surface area (Å²) in [6.45, 7) is 2.55. The summed E-state index contributed by atoms with van der Waals surface area (Å²) in [5.41, 5.74) is 8.64. The first-order valence-electron chi connectivity index (χ1n) is 6.78. The molecule has 1 aromatic carbocycles. The van der Waals surface area contributed by atoms with Crippen LogP contribution >= 0.6 is 0 Å². The fourth-order valence-corrected chi connectivity index (χ4v) is 2.75. The number of aromatic nitrogens is 1. The van der Waals surface area contributed by atoms with Gasteiger partial charge in [-0.2, -0.15) is 0 Å². The number of hydrogen-bond donors (Lipinski definition) is 2. The zero-order chi connectivity index (χ0) is 14.1. The lowest BCUT2D eigenvalue weighted by atomic mass is 9.85. The summed E-state index contributed by atoms with van der Waals surface area (Å²) in [7, 11) is 0. The third kappa shape index (κ3) is 2.23. The van der Waals surface area contributed by atoms with Gasteiger partial charge in [-0.1, -0.05) is 18.2 Å². The molecule has 104 valence electrons. The number of aliphatic hydroxyl groups excluding tert-OH is 1. The van der Waals surface area contributed by atoms with Crippen molar-refractivity contribution in [3.63, 3.8) is 0 Å². The number of anilines is 1. The maximum absolute atomic E-state index is 10.7. The molecule has 4 heteroatoms. The molecular formula is C16H18N2O2. The van der Waals surface area contributed by atoms with E-state index in [9.17, 15) is 5.11 Å². The van der Waals surface area contributed by atoms with Gasteiger partial charge in [0, 0.05) is 23.2 Å². The SMILES string of the molecule is Cc1cnc(N)c(C(O)C2CCOc3ccccc32)c1. The van der Waals surface area contributed by atoms with Gasteiger partial charge in [0.05, 0.1) is 12.7 Å². The minimum atomic E-state index is -0.660. The van der Waals surface area contributed by atoms with E-state index in [0.29, 0.717) is 18.0 Å². The van der Waals surface area contributed by atoms with Crippen molar-refractivity contribution in [2.75, 3.05) is 12.3 Å². The van der Waals surface area contributed by atoms with Crippen LogP contribution in [0.3, 0.4) is 0 Å². The van der Waals surface area contributed by atoms with E-state index in [4.69, 9.17) is 10.5 Å². The molecule has 0 amide bonds. The molecular weight excluding hydrogens is 252 g/mol.